The average molecular weight is 348 g/mol. The molecule has 0 saturated carbocycles. The zero-order valence-electron chi connectivity index (χ0n) is 12.7. The quantitative estimate of drug-likeness (QED) is 0.502. The van der Waals surface area contributed by atoms with Crippen molar-refractivity contribution in [3.05, 3.63) is 63.2 Å². The molecule has 0 aromatic heterocycles. The van der Waals surface area contributed by atoms with E-state index in [1.165, 1.54) is 12.1 Å². The molecule has 0 atom stereocenters. The molecule has 0 aliphatic heterocycles. The van der Waals surface area contributed by atoms with Crippen molar-refractivity contribution in [2.75, 3.05) is 10.6 Å². The Labute approximate surface area is 142 Å². The molecule has 0 aliphatic carbocycles. The highest BCUT2D eigenvalue weighted by Crippen LogP contribution is 2.26. The smallest absolute Gasteiger partial charge is 0.314 e. The molecule has 0 radical (unpaired) electrons. The number of hydrogen-bond donors (Lipinski definition) is 2. The van der Waals surface area contributed by atoms with E-state index in [-0.39, 0.29) is 16.4 Å². The number of hydrogen-bond acceptors (Lipinski definition) is 4. The van der Waals surface area contributed by atoms with Crippen LogP contribution in [0.15, 0.2) is 42.5 Å². The molecule has 2 amide bonds. The summed E-state index contributed by atoms with van der Waals surface area (Å²) in [5, 5.41) is 15.5. The van der Waals surface area contributed by atoms with Crippen molar-refractivity contribution in [2.24, 2.45) is 0 Å². The number of aryl methyl sites for hydroxylation is 1. The Morgan fingerprint density at radius 1 is 1.08 bits per heavy atom. The number of carbonyl (C=O) groups excluding carboxylic acids is 2. The van der Waals surface area contributed by atoms with E-state index in [4.69, 9.17) is 11.6 Å². The number of benzene rings is 2. The molecule has 8 heteroatoms. The summed E-state index contributed by atoms with van der Waals surface area (Å²) in [5.41, 5.74) is 1.32. The van der Waals surface area contributed by atoms with Gasteiger partial charge in [-0.05, 0) is 30.2 Å². The second-order valence-electron chi connectivity index (χ2n) is 4.88. The van der Waals surface area contributed by atoms with Crippen molar-refractivity contribution < 1.29 is 14.5 Å². The van der Waals surface area contributed by atoms with Crippen LogP contribution in [-0.2, 0) is 16.0 Å². The Morgan fingerprint density at radius 2 is 1.71 bits per heavy atom. The zero-order valence-corrected chi connectivity index (χ0v) is 13.5. The van der Waals surface area contributed by atoms with Gasteiger partial charge in [-0.3, -0.25) is 19.7 Å². The summed E-state index contributed by atoms with van der Waals surface area (Å²) in [6, 6.07) is 10.6. The molecule has 0 spiro atoms. The maximum atomic E-state index is 11.9. The monoisotopic (exact) mass is 347 g/mol. The van der Waals surface area contributed by atoms with E-state index in [1.807, 2.05) is 19.1 Å². The summed E-state index contributed by atoms with van der Waals surface area (Å²) in [6.07, 6.45) is 0.861. The van der Waals surface area contributed by atoms with Crippen LogP contribution in [0.3, 0.4) is 0 Å². The Hall–Kier alpha value is -2.93. The van der Waals surface area contributed by atoms with Crippen LogP contribution in [-0.4, -0.2) is 16.7 Å². The van der Waals surface area contributed by atoms with Crippen molar-refractivity contribution in [3.63, 3.8) is 0 Å². The maximum absolute atomic E-state index is 11.9. The van der Waals surface area contributed by atoms with Crippen LogP contribution in [0, 0.1) is 10.1 Å². The minimum atomic E-state index is -0.975. The number of amides is 2. The first-order valence-corrected chi connectivity index (χ1v) is 7.43. The number of nitrogens with one attached hydrogen (secondary N) is 2. The van der Waals surface area contributed by atoms with Crippen LogP contribution >= 0.6 is 11.6 Å². The van der Waals surface area contributed by atoms with Gasteiger partial charge in [-0.15, -0.1) is 0 Å². The maximum Gasteiger partial charge on any atom is 0.314 e. The summed E-state index contributed by atoms with van der Waals surface area (Å²) in [5.74, 6) is -1.88. The van der Waals surface area contributed by atoms with Crippen molar-refractivity contribution in [1.29, 1.82) is 0 Å². The Balaban J connectivity index is 2.07. The molecule has 24 heavy (non-hydrogen) atoms. The molecule has 2 N–H and O–H groups in total. The van der Waals surface area contributed by atoms with Gasteiger partial charge in [0, 0.05) is 17.8 Å². The molecular weight excluding hydrogens is 334 g/mol. The predicted octanol–water partition coefficient (Wildman–Crippen LogP) is 3.39. The SMILES string of the molecule is CCc1ccc(NC(=O)C(=O)Nc2cc([N+](=O)[O-])ccc2Cl)cc1. The predicted molar refractivity (Wildman–Crippen MR) is 91.2 cm³/mol. The molecule has 0 fully saturated rings. The third-order valence-electron chi connectivity index (χ3n) is 3.24. The molecule has 0 unspecified atom stereocenters. The van der Waals surface area contributed by atoms with Crippen molar-refractivity contribution in [1.82, 2.24) is 0 Å². The van der Waals surface area contributed by atoms with Gasteiger partial charge in [-0.1, -0.05) is 30.7 Å². The second-order valence-corrected chi connectivity index (χ2v) is 5.29. The fourth-order valence-corrected chi connectivity index (χ4v) is 2.08. The normalized spacial score (nSPS) is 10.1. The van der Waals surface area contributed by atoms with Crippen LogP contribution in [0.1, 0.15) is 12.5 Å². The second kappa shape index (κ2) is 7.56. The molecule has 7 nitrogen and oxygen atoms in total. The molecule has 2 aromatic rings. The third-order valence-corrected chi connectivity index (χ3v) is 3.56. The first-order valence-electron chi connectivity index (χ1n) is 7.06. The Morgan fingerprint density at radius 3 is 2.29 bits per heavy atom. The van der Waals surface area contributed by atoms with Crippen molar-refractivity contribution in [3.8, 4) is 0 Å². The number of anilines is 2. The van der Waals surface area contributed by atoms with Crippen LogP contribution in [0.4, 0.5) is 17.1 Å². The summed E-state index contributed by atoms with van der Waals surface area (Å²) in [6.45, 7) is 2.00. The van der Waals surface area contributed by atoms with Crippen molar-refractivity contribution in [2.45, 2.75) is 13.3 Å². The lowest BCUT2D eigenvalue weighted by Crippen LogP contribution is -2.29. The molecule has 0 aliphatic rings. The highest BCUT2D eigenvalue weighted by molar-refractivity contribution is 6.44. The lowest BCUT2D eigenvalue weighted by atomic mass is 10.1. The fraction of sp³-hybridized carbons (Fsp3) is 0.125. The molecule has 2 rings (SSSR count). The van der Waals surface area contributed by atoms with Crippen LogP contribution in [0.5, 0.6) is 0 Å². The summed E-state index contributed by atoms with van der Waals surface area (Å²) >= 11 is 5.87. The molecule has 2 aromatic carbocycles. The van der Waals surface area contributed by atoms with Crippen molar-refractivity contribution >= 4 is 40.5 Å². The Kier molecular flexibility index (Phi) is 5.49. The summed E-state index contributed by atoms with van der Waals surface area (Å²) in [7, 11) is 0. The summed E-state index contributed by atoms with van der Waals surface area (Å²) in [4.78, 5) is 33.9. The van der Waals surface area contributed by atoms with E-state index in [0.29, 0.717) is 5.69 Å². The standard InChI is InChI=1S/C16H14ClN3O4/c1-2-10-3-5-11(6-4-10)18-15(21)16(22)19-14-9-12(20(23)24)7-8-13(14)17/h3-9H,2H2,1H3,(H,18,21)(H,19,22). The first kappa shape index (κ1) is 17.4. The first-order chi connectivity index (χ1) is 11.4. The topological polar surface area (TPSA) is 101 Å². The van der Waals surface area contributed by atoms with Crippen LogP contribution in [0.25, 0.3) is 0 Å². The van der Waals surface area contributed by atoms with Gasteiger partial charge in [-0.2, -0.15) is 0 Å². The largest absolute Gasteiger partial charge is 0.318 e. The number of non-ortho nitro benzene ring substituents is 1. The molecule has 0 bridgehead atoms. The number of rotatable bonds is 4. The zero-order chi connectivity index (χ0) is 17.7. The fourth-order valence-electron chi connectivity index (χ4n) is 1.91. The Bertz CT molecular complexity index is 790. The average Bonchev–Trinajstić information content (AvgIpc) is 2.57. The van der Waals surface area contributed by atoms with Gasteiger partial charge in [0.1, 0.15) is 0 Å². The van der Waals surface area contributed by atoms with E-state index in [0.717, 1.165) is 18.1 Å². The van der Waals surface area contributed by atoms with E-state index in [1.54, 1.807) is 12.1 Å². The lowest BCUT2D eigenvalue weighted by molar-refractivity contribution is -0.384. The minimum absolute atomic E-state index is 0.00709. The number of nitro groups is 1. The van der Waals surface area contributed by atoms with E-state index < -0.39 is 16.7 Å². The number of nitro benzene ring substituents is 1. The highest BCUT2D eigenvalue weighted by Gasteiger charge is 2.17. The molecular formula is C16H14ClN3O4. The van der Waals surface area contributed by atoms with E-state index in [2.05, 4.69) is 10.6 Å². The molecule has 0 saturated heterocycles. The van der Waals surface area contributed by atoms with Gasteiger partial charge in [0.05, 0.1) is 15.6 Å². The van der Waals surface area contributed by atoms with Crippen LogP contribution in [0.2, 0.25) is 5.02 Å². The third kappa shape index (κ3) is 4.30. The number of halogens is 1. The van der Waals surface area contributed by atoms with Gasteiger partial charge in [-0.25, -0.2) is 0 Å². The highest BCUT2D eigenvalue weighted by atomic mass is 35.5. The van der Waals surface area contributed by atoms with Gasteiger partial charge in [0.2, 0.25) is 0 Å². The van der Waals surface area contributed by atoms with Gasteiger partial charge in [0.15, 0.2) is 0 Å². The minimum Gasteiger partial charge on any atom is -0.318 e. The molecule has 124 valence electrons. The van der Waals surface area contributed by atoms with E-state index in [9.17, 15) is 19.7 Å². The van der Waals surface area contributed by atoms with Gasteiger partial charge in [0.25, 0.3) is 5.69 Å². The molecule has 0 heterocycles. The van der Waals surface area contributed by atoms with E-state index >= 15 is 0 Å². The number of nitrogens with zero attached hydrogens (tertiary/aromatic N) is 1. The van der Waals surface area contributed by atoms with Crippen LogP contribution < -0.4 is 10.6 Å². The van der Waals surface area contributed by atoms with Gasteiger partial charge < -0.3 is 10.6 Å². The number of carbonyl (C=O) groups is 2. The summed E-state index contributed by atoms with van der Waals surface area (Å²) < 4.78 is 0. The van der Waals surface area contributed by atoms with Gasteiger partial charge >= 0.3 is 11.8 Å². The lowest BCUT2D eigenvalue weighted by Gasteiger charge is -2.08.